The molecule has 142 valence electrons. The van der Waals surface area contributed by atoms with Crippen molar-refractivity contribution in [1.82, 2.24) is 14.8 Å². The molecule has 0 radical (unpaired) electrons. The number of aromatic nitrogens is 3. The van der Waals surface area contributed by atoms with Gasteiger partial charge in [-0.15, -0.1) is 5.10 Å². The smallest absolute Gasteiger partial charge is 0.453 e. The Kier molecular flexibility index (Phi) is 3.97. The Morgan fingerprint density at radius 1 is 1.26 bits per heavy atom. The number of halogens is 3. The normalized spacial score (nSPS) is 22.2. The van der Waals surface area contributed by atoms with Crippen LogP contribution in [0.15, 0.2) is 35.5 Å². The first-order valence-electron chi connectivity index (χ1n) is 8.49. The number of nitrogens with zero attached hydrogens (tertiary/aromatic N) is 3. The summed E-state index contributed by atoms with van der Waals surface area (Å²) in [5.74, 6) is -0.817. The van der Waals surface area contributed by atoms with E-state index in [1.54, 1.807) is 24.3 Å². The molecule has 4 rings (SSSR count). The van der Waals surface area contributed by atoms with E-state index in [0.29, 0.717) is 35.4 Å². The van der Waals surface area contributed by atoms with Gasteiger partial charge in [0.25, 0.3) is 5.82 Å². The van der Waals surface area contributed by atoms with Gasteiger partial charge in [0, 0.05) is 23.3 Å². The first-order valence-corrected chi connectivity index (χ1v) is 8.49. The number of allylic oxidation sites excluding steroid dienone is 2. The highest BCUT2D eigenvalue weighted by molar-refractivity contribution is 5.99. The van der Waals surface area contributed by atoms with Gasteiger partial charge in [-0.3, -0.25) is 4.79 Å². The first-order chi connectivity index (χ1) is 12.8. The van der Waals surface area contributed by atoms with E-state index in [1.807, 2.05) is 6.92 Å². The Bertz CT molecular complexity index is 948. The van der Waals surface area contributed by atoms with E-state index in [0.717, 1.165) is 4.68 Å². The third kappa shape index (κ3) is 2.87. The van der Waals surface area contributed by atoms with E-state index in [2.05, 4.69) is 15.4 Å². The molecule has 2 aromatic rings. The predicted molar refractivity (Wildman–Crippen MR) is 90.2 cm³/mol. The summed E-state index contributed by atoms with van der Waals surface area (Å²) in [6.07, 6.45) is -3.79. The molecule has 0 amide bonds. The molecule has 1 aromatic heterocycles. The van der Waals surface area contributed by atoms with Gasteiger partial charge in [0.05, 0.1) is 7.11 Å². The molecule has 2 atom stereocenters. The highest BCUT2D eigenvalue weighted by Gasteiger charge is 2.43. The van der Waals surface area contributed by atoms with Crippen molar-refractivity contribution in [3.63, 3.8) is 0 Å². The Morgan fingerprint density at radius 3 is 2.70 bits per heavy atom. The predicted octanol–water partition coefficient (Wildman–Crippen LogP) is 3.57. The van der Waals surface area contributed by atoms with Crippen molar-refractivity contribution < 1.29 is 22.7 Å². The van der Waals surface area contributed by atoms with Gasteiger partial charge in [-0.2, -0.15) is 18.2 Å². The molecule has 0 spiro atoms. The number of hydrogen-bond acceptors (Lipinski definition) is 5. The third-order valence-electron chi connectivity index (χ3n) is 4.81. The van der Waals surface area contributed by atoms with Crippen molar-refractivity contribution in [2.45, 2.75) is 32.0 Å². The number of Topliss-reactive ketones (excluding diaryl/α,β-unsaturated/α-hetero) is 1. The summed E-state index contributed by atoms with van der Waals surface area (Å²) in [7, 11) is 1.48. The quantitative estimate of drug-likeness (QED) is 0.865. The molecule has 1 N–H and O–H groups in total. The van der Waals surface area contributed by atoms with Crippen LogP contribution in [0.1, 0.15) is 37.2 Å². The number of rotatable bonds is 2. The number of benzene rings is 1. The zero-order valence-corrected chi connectivity index (χ0v) is 14.7. The SMILES string of the molecule is COc1ccccc1[C@H]1C2=C(C[C@@H](C)CC2=O)Nc2nc(C(F)(F)F)nn21. The van der Waals surface area contributed by atoms with Crippen LogP contribution in [0.4, 0.5) is 19.1 Å². The molecule has 0 saturated heterocycles. The maximum atomic E-state index is 13.2. The molecule has 1 aliphatic carbocycles. The van der Waals surface area contributed by atoms with Crippen LogP contribution in [-0.2, 0) is 11.0 Å². The van der Waals surface area contributed by atoms with Crippen LogP contribution in [0.5, 0.6) is 5.75 Å². The monoisotopic (exact) mass is 378 g/mol. The maximum absolute atomic E-state index is 13.2. The van der Waals surface area contributed by atoms with Crippen LogP contribution in [0, 0.1) is 5.92 Å². The molecule has 0 fully saturated rings. The molecular weight excluding hydrogens is 361 g/mol. The lowest BCUT2D eigenvalue weighted by atomic mass is 9.81. The van der Waals surface area contributed by atoms with Gasteiger partial charge in [-0.1, -0.05) is 25.1 Å². The van der Waals surface area contributed by atoms with Crippen LogP contribution in [0.2, 0.25) is 0 Å². The number of anilines is 1. The van der Waals surface area contributed by atoms with Gasteiger partial charge in [0.2, 0.25) is 5.95 Å². The van der Waals surface area contributed by atoms with Gasteiger partial charge in [0.1, 0.15) is 11.8 Å². The molecule has 9 heteroatoms. The number of fused-ring (bicyclic) bond motifs is 1. The van der Waals surface area contributed by atoms with E-state index in [1.165, 1.54) is 7.11 Å². The molecule has 27 heavy (non-hydrogen) atoms. The van der Waals surface area contributed by atoms with Gasteiger partial charge >= 0.3 is 6.18 Å². The van der Waals surface area contributed by atoms with Crippen molar-refractivity contribution in [1.29, 1.82) is 0 Å². The number of alkyl halides is 3. The molecule has 0 saturated carbocycles. The zero-order chi connectivity index (χ0) is 19.3. The topological polar surface area (TPSA) is 69.0 Å². The Balaban J connectivity index is 1.95. The average molecular weight is 378 g/mol. The summed E-state index contributed by atoms with van der Waals surface area (Å²) >= 11 is 0. The van der Waals surface area contributed by atoms with E-state index in [9.17, 15) is 18.0 Å². The summed E-state index contributed by atoms with van der Waals surface area (Å²) in [6, 6.07) is 6.11. The number of carbonyl (C=O) groups excluding carboxylic acids is 1. The highest BCUT2D eigenvalue weighted by atomic mass is 19.4. The number of carbonyl (C=O) groups is 1. The lowest BCUT2D eigenvalue weighted by molar-refractivity contribution is -0.145. The minimum atomic E-state index is -4.69. The fourth-order valence-corrected chi connectivity index (χ4v) is 3.71. The molecule has 6 nitrogen and oxygen atoms in total. The molecule has 1 aromatic carbocycles. The average Bonchev–Trinajstić information content (AvgIpc) is 3.03. The van der Waals surface area contributed by atoms with E-state index < -0.39 is 18.0 Å². The van der Waals surface area contributed by atoms with Gasteiger partial charge in [0.15, 0.2) is 5.78 Å². The number of para-hydroxylation sites is 1. The van der Waals surface area contributed by atoms with Crippen LogP contribution in [-0.4, -0.2) is 27.7 Å². The number of ether oxygens (including phenoxy) is 1. The molecular formula is C18H17F3N4O2. The fourth-order valence-electron chi connectivity index (χ4n) is 3.71. The minimum absolute atomic E-state index is 0.0288. The largest absolute Gasteiger partial charge is 0.496 e. The lowest BCUT2D eigenvalue weighted by Crippen LogP contribution is -2.33. The summed E-state index contributed by atoms with van der Waals surface area (Å²) in [4.78, 5) is 16.4. The third-order valence-corrected chi connectivity index (χ3v) is 4.81. The van der Waals surface area contributed by atoms with Crippen LogP contribution in [0.25, 0.3) is 0 Å². The number of nitrogens with one attached hydrogen (secondary N) is 1. The molecule has 0 unspecified atom stereocenters. The summed E-state index contributed by atoms with van der Waals surface area (Å²) in [5.41, 5.74) is 1.59. The van der Waals surface area contributed by atoms with E-state index in [-0.39, 0.29) is 17.6 Å². The van der Waals surface area contributed by atoms with Crippen LogP contribution < -0.4 is 10.1 Å². The van der Waals surface area contributed by atoms with Gasteiger partial charge in [-0.05, 0) is 18.4 Å². The van der Waals surface area contributed by atoms with Gasteiger partial charge in [-0.25, -0.2) is 4.68 Å². The number of methoxy groups -OCH3 is 1. The molecule has 1 aliphatic heterocycles. The van der Waals surface area contributed by atoms with Crippen molar-refractivity contribution in [3.8, 4) is 5.75 Å². The van der Waals surface area contributed by atoms with Crippen molar-refractivity contribution in [3.05, 3.63) is 46.9 Å². The Hall–Kier alpha value is -2.84. The minimum Gasteiger partial charge on any atom is -0.496 e. The summed E-state index contributed by atoms with van der Waals surface area (Å²) in [6.45, 7) is 1.93. The second-order valence-corrected chi connectivity index (χ2v) is 6.80. The van der Waals surface area contributed by atoms with Gasteiger partial charge < -0.3 is 10.1 Å². The highest BCUT2D eigenvalue weighted by Crippen LogP contribution is 2.44. The van der Waals surface area contributed by atoms with Crippen LogP contribution >= 0.6 is 0 Å². The molecule has 2 aliphatic rings. The molecule has 0 bridgehead atoms. The second kappa shape index (κ2) is 6.11. The van der Waals surface area contributed by atoms with Crippen molar-refractivity contribution >= 4 is 11.7 Å². The maximum Gasteiger partial charge on any atom is 0.453 e. The molecule has 2 heterocycles. The first kappa shape index (κ1) is 17.6. The summed E-state index contributed by atoms with van der Waals surface area (Å²) < 4.78 is 46.1. The zero-order valence-electron chi connectivity index (χ0n) is 14.7. The number of ketones is 1. The fraction of sp³-hybridized carbons (Fsp3) is 0.389. The standard InChI is InChI=1S/C18H17F3N4O2/c1-9-7-11-14(12(26)8-9)15(10-5-3-4-6-13(10)27-2)25-17(22-11)23-16(24-25)18(19,20)21/h3-6,9,15H,7-8H2,1-2H3,(H,22,23,24)/t9-,15+/m1/s1. The second-order valence-electron chi connectivity index (χ2n) is 6.80. The van der Waals surface area contributed by atoms with E-state index in [4.69, 9.17) is 4.74 Å². The van der Waals surface area contributed by atoms with Crippen LogP contribution in [0.3, 0.4) is 0 Å². The Labute approximate surface area is 153 Å². The van der Waals surface area contributed by atoms with E-state index >= 15 is 0 Å². The number of hydrogen-bond donors (Lipinski definition) is 1. The van der Waals surface area contributed by atoms with Crippen molar-refractivity contribution in [2.24, 2.45) is 5.92 Å². The lowest BCUT2D eigenvalue weighted by Gasteiger charge is -2.34. The summed E-state index contributed by atoms with van der Waals surface area (Å²) in [5, 5.41) is 6.57. The Morgan fingerprint density at radius 2 is 2.00 bits per heavy atom. The van der Waals surface area contributed by atoms with Crippen molar-refractivity contribution in [2.75, 3.05) is 12.4 Å².